The minimum absolute atomic E-state index is 0.125. The number of carbonyl (C=O) groups is 1. The fourth-order valence-electron chi connectivity index (χ4n) is 0.883. The van der Waals surface area contributed by atoms with Crippen LogP contribution in [0.15, 0.2) is 10.1 Å². The first kappa shape index (κ1) is 6.92. The summed E-state index contributed by atoms with van der Waals surface area (Å²) in [7, 11) is 3.20. The zero-order valence-corrected chi connectivity index (χ0v) is 6.25. The van der Waals surface area contributed by atoms with Gasteiger partial charge in [0.05, 0.1) is 5.71 Å². The topological polar surface area (TPSA) is 45.0 Å². The van der Waals surface area contributed by atoms with E-state index in [2.05, 4.69) is 10.1 Å². The molecule has 0 saturated carbocycles. The molecule has 1 rings (SSSR count). The van der Waals surface area contributed by atoms with Gasteiger partial charge in [0, 0.05) is 14.1 Å². The lowest BCUT2D eigenvalue weighted by Gasteiger charge is -1.99. The summed E-state index contributed by atoms with van der Waals surface area (Å²) in [6.45, 7) is 1.77. The summed E-state index contributed by atoms with van der Waals surface area (Å²) in [6, 6.07) is 0. The third-order valence-electron chi connectivity index (χ3n) is 1.36. The van der Waals surface area contributed by atoms with Crippen LogP contribution in [0.1, 0.15) is 6.92 Å². The molecule has 0 radical (unpaired) electrons. The molecule has 0 unspecified atom stereocenters. The number of nitrogens with zero attached hydrogens (tertiary/aromatic N) is 3. The van der Waals surface area contributed by atoms with Crippen LogP contribution in [-0.2, 0) is 4.79 Å². The van der Waals surface area contributed by atoms with E-state index in [-0.39, 0.29) is 5.91 Å². The average molecular weight is 139 g/mol. The Kier molecular flexibility index (Phi) is 1.53. The zero-order valence-electron chi connectivity index (χ0n) is 6.25. The molecule has 4 heteroatoms. The molecule has 0 aliphatic carbocycles. The van der Waals surface area contributed by atoms with E-state index in [0.29, 0.717) is 11.4 Å². The lowest BCUT2D eigenvalue weighted by atomic mass is 10.2. The fourth-order valence-corrected chi connectivity index (χ4v) is 0.883. The third kappa shape index (κ3) is 0.814. The Hall–Kier alpha value is -1.19. The molecular weight excluding hydrogens is 130 g/mol. The molecule has 0 atom stereocenters. The second-order valence-corrected chi connectivity index (χ2v) is 2.09. The van der Waals surface area contributed by atoms with Crippen molar-refractivity contribution in [3.8, 4) is 0 Å². The smallest absolute Gasteiger partial charge is 0.281 e. The fraction of sp³-hybridized carbons (Fsp3) is 0.500. The largest absolute Gasteiger partial charge is 0.293 e. The Bertz CT molecular complexity index is 229. The minimum Gasteiger partial charge on any atom is -0.281 e. The van der Waals surface area contributed by atoms with E-state index < -0.39 is 0 Å². The summed E-state index contributed by atoms with van der Waals surface area (Å²) in [6.07, 6.45) is 0. The summed E-state index contributed by atoms with van der Waals surface area (Å²) in [5, 5.41) is 5.18. The van der Waals surface area contributed by atoms with Crippen LogP contribution in [-0.4, -0.2) is 36.4 Å². The van der Waals surface area contributed by atoms with Crippen LogP contribution in [0.25, 0.3) is 0 Å². The summed E-state index contributed by atoms with van der Waals surface area (Å²) in [5.41, 5.74) is 1.15. The molecule has 0 N–H and O–H groups in total. The summed E-state index contributed by atoms with van der Waals surface area (Å²) < 4.78 is 0. The van der Waals surface area contributed by atoms with Crippen molar-refractivity contribution in [2.24, 2.45) is 10.1 Å². The van der Waals surface area contributed by atoms with Crippen LogP contribution >= 0.6 is 0 Å². The number of amides is 1. The van der Waals surface area contributed by atoms with Crippen molar-refractivity contribution >= 4 is 17.3 Å². The quantitative estimate of drug-likeness (QED) is 0.462. The molecule has 0 bridgehead atoms. The molecule has 54 valence electrons. The predicted molar refractivity (Wildman–Crippen MR) is 39.2 cm³/mol. The number of aliphatic imine (C=N–C) groups is 1. The van der Waals surface area contributed by atoms with Crippen molar-refractivity contribution < 1.29 is 4.79 Å². The van der Waals surface area contributed by atoms with Gasteiger partial charge in [-0.25, -0.2) is 5.01 Å². The van der Waals surface area contributed by atoms with Gasteiger partial charge in [0.15, 0.2) is 0 Å². The molecule has 4 nitrogen and oxygen atoms in total. The Morgan fingerprint density at radius 3 is 2.40 bits per heavy atom. The van der Waals surface area contributed by atoms with Crippen molar-refractivity contribution in [1.29, 1.82) is 0 Å². The highest BCUT2D eigenvalue weighted by Crippen LogP contribution is 2.01. The monoisotopic (exact) mass is 139 g/mol. The molecule has 0 spiro atoms. The van der Waals surface area contributed by atoms with Gasteiger partial charge in [0.1, 0.15) is 5.71 Å². The van der Waals surface area contributed by atoms with E-state index in [0.717, 1.165) is 0 Å². The molecule has 0 aromatic heterocycles. The van der Waals surface area contributed by atoms with Gasteiger partial charge in [-0.3, -0.25) is 9.79 Å². The highest BCUT2D eigenvalue weighted by molar-refractivity contribution is 6.68. The van der Waals surface area contributed by atoms with Crippen LogP contribution in [0.3, 0.4) is 0 Å². The molecule has 1 heterocycles. The number of hydrogen-bond donors (Lipinski definition) is 0. The molecule has 0 fully saturated rings. The van der Waals surface area contributed by atoms with Gasteiger partial charge >= 0.3 is 0 Å². The maximum absolute atomic E-state index is 11.0. The molecule has 1 amide bonds. The van der Waals surface area contributed by atoms with Gasteiger partial charge in [0.2, 0.25) is 0 Å². The van der Waals surface area contributed by atoms with Gasteiger partial charge in [0.25, 0.3) is 5.91 Å². The first-order chi connectivity index (χ1) is 4.66. The Morgan fingerprint density at radius 2 is 2.20 bits per heavy atom. The standard InChI is InChI=1S/C6H9N3O/c1-4-5(7-2)6(10)9(3)8-4/h1-3H3. The van der Waals surface area contributed by atoms with E-state index in [1.54, 1.807) is 21.0 Å². The molecule has 1 aliphatic heterocycles. The maximum Gasteiger partial charge on any atom is 0.293 e. The van der Waals surface area contributed by atoms with E-state index >= 15 is 0 Å². The number of hydrazone groups is 1. The van der Waals surface area contributed by atoms with Crippen molar-refractivity contribution in [3.05, 3.63) is 0 Å². The first-order valence-corrected chi connectivity index (χ1v) is 2.97. The molecule has 0 aromatic rings. The Morgan fingerprint density at radius 1 is 1.60 bits per heavy atom. The SMILES string of the molecule is CN=C1C(=O)N(C)N=C1C. The van der Waals surface area contributed by atoms with Crippen molar-refractivity contribution in [3.63, 3.8) is 0 Å². The lowest BCUT2D eigenvalue weighted by molar-refractivity contribution is -0.122. The van der Waals surface area contributed by atoms with E-state index in [4.69, 9.17) is 0 Å². The van der Waals surface area contributed by atoms with Crippen molar-refractivity contribution in [2.75, 3.05) is 14.1 Å². The van der Waals surface area contributed by atoms with Gasteiger partial charge in [-0.2, -0.15) is 5.10 Å². The Labute approximate surface area is 59.2 Å². The lowest BCUT2D eigenvalue weighted by Crippen LogP contribution is -2.23. The maximum atomic E-state index is 11.0. The summed E-state index contributed by atoms with van der Waals surface area (Å²) >= 11 is 0. The van der Waals surface area contributed by atoms with Crippen LogP contribution in [0, 0.1) is 0 Å². The number of hydrogen-bond acceptors (Lipinski definition) is 3. The van der Waals surface area contributed by atoms with Crippen LogP contribution in [0.2, 0.25) is 0 Å². The van der Waals surface area contributed by atoms with Crippen LogP contribution in [0.5, 0.6) is 0 Å². The van der Waals surface area contributed by atoms with Crippen molar-refractivity contribution in [2.45, 2.75) is 6.92 Å². The Balaban J connectivity index is 3.00. The van der Waals surface area contributed by atoms with E-state index in [1.807, 2.05) is 0 Å². The van der Waals surface area contributed by atoms with Gasteiger partial charge in [-0.1, -0.05) is 0 Å². The third-order valence-corrected chi connectivity index (χ3v) is 1.36. The second kappa shape index (κ2) is 2.21. The number of carbonyl (C=O) groups excluding carboxylic acids is 1. The number of rotatable bonds is 0. The molecule has 10 heavy (non-hydrogen) atoms. The van der Waals surface area contributed by atoms with Crippen molar-refractivity contribution in [1.82, 2.24) is 5.01 Å². The summed E-state index contributed by atoms with van der Waals surface area (Å²) in [5.74, 6) is -0.125. The molecule has 1 aliphatic rings. The molecule has 0 saturated heterocycles. The van der Waals surface area contributed by atoms with Crippen LogP contribution in [0.4, 0.5) is 0 Å². The van der Waals surface area contributed by atoms with Gasteiger partial charge < -0.3 is 0 Å². The predicted octanol–water partition coefficient (Wildman–Crippen LogP) is -0.0949. The second-order valence-electron chi connectivity index (χ2n) is 2.09. The first-order valence-electron chi connectivity index (χ1n) is 2.97. The highest BCUT2D eigenvalue weighted by atomic mass is 16.2. The molecular formula is C6H9N3O. The summed E-state index contributed by atoms with van der Waals surface area (Å²) in [4.78, 5) is 14.8. The van der Waals surface area contributed by atoms with Crippen LogP contribution < -0.4 is 0 Å². The minimum atomic E-state index is -0.125. The van der Waals surface area contributed by atoms with Gasteiger partial charge in [-0.05, 0) is 6.92 Å². The molecule has 0 aromatic carbocycles. The normalized spacial score (nSPS) is 22.3. The zero-order chi connectivity index (χ0) is 7.72. The van der Waals surface area contributed by atoms with Gasteiger partial charge in [-0.15, -0.1) is 0 Å². The highest BCUT2D eigenvalue weighted by Gasteiger charge is 2.24. The van der Waals surface area contributed by atoms with E-state index in [1.165, 1.54) is 5.01 Å². The average Bonchev–Trinajstić information content (AvgIpc) is 2.09. The van der Waals surface area contributed by atoms with E-state index in [9.17, 15) is 4.79 Å².